The summed E-state index contributed by atoms with van der Waals surface area (Å²) >= 11 is 0. The summed E-state index contributed by atoms with van der Waals surface area (Å²) in [6, 6.07) is 0.161. The van der Waals surface area contributed by atoms with E-state index in [1.807, 2.05) is 35.9 Å². The molecule has 0 atom stereocenters. The van der Waals surface area contributed by atoms with Gasteiger partial charge in [-0.25, -0.2) is 4.98 Å². The molecule has 0 unspecified atom stereocenters. The van der Waals surface area contributed by atoms with Crippen molar-refractivity contribution in [1.29, 1.82) is 0 Å². The lowest BCUT2D eigenvalue weighted by molar-refractivity contribution is 0.0835. The molecule has 108 valence electrons. The molecular weight excluding hydrogens is 254 g/mol. The fourth-order valence-corrected chi connectivity index (χ4v) is 3.10. The summed E-state index contributed by atoms with van der Waals surface area (Å²) < 4.78 is 9.21. The third-order valence-electron chi connectivity index (χ3n) is 4.06. The second-order valence-electron chi connectivity index (χ2n) is 5.80. The van der Waals surface area contributed by atoms with Crippen LogP contribution in [0.1, 0.15) is 50.2 Å². The standard InChI is InChI=1S/C15H21N3O2/c1-10(2)18-11(3)9-17-13(15(18)19)8-16-14(17)12-4-6-20-7-5-12/h8-10,12H,4-7H2,1-3H3. The molecule has 5 nitrogen and oxygen atoms in total. The summed E-state index contributed by atoms with van der Waals surface area (Å²) in [6.07, 6.45) is 5.71. The molecule has 0 spiro atoms. The van der Waals surface area contributed by atoms with Gasteiger partial charge in [0, 0.05) is 37.1 Å². The Morgan fingerprint density at radius 3 is 2.70 bits per heavy atom. The summed E-state index contributed by atoms with van der Waals surface area (Å²) in [5, 5.41) is 0. The Labute approximate surface area is 118 Å². The lowest BCUT2D eigenvalue weighted by Crippen LogP contribution is -2.26. The smallest absolute Gasteiger partial charge is 0.276 e. The fraction of sp³-hybridized carbons (Fsp3) is 0.600. The second kappa shape index (κ2) is 5.05. The van der Waals surface area contributed by atoms with Gasteiger partial charge < -0.3 is 9.30 Å². The first-order valence-corrected chi connectivity index (χ1v) is 7.26. The number of rotatable bonds is 2. The minimum absolute atomic E-state index is 0.0470. The first kappa shape index (κ1) is 13.4. The number of fused-ring (bicyclic) bond motifs is 1. The predicted octanol–water partition coefficient (Wildman–Crippen LogP) is 2.28. The fourth-order valence-electron chi connectivity index (χ4n) is 3.10. The number of imidazole rings is 1. The summed E-state index contributed by atoms with van der Waals surface area (Å²) in [7, 11) is 0. The first-order chi connectivity index (χ1) is 9.59. The van der Waals surface area contributed by atoms with Crippen LogP contribution in [0.25, 0.3) is 5.52 Å². The third-order valence-corrected chi connectivity index (χ3v) is 4.06. The molecule has 20 heavy (non-hydrogen) atoms. The van der Waals surface area contributed by atoms with E-state index >= 15 is 0 Å². The van der Waals surface area contributed by atoms with Crippen molar-refractivity contribution in [2.24, 2.45) is 0 Å². The molecule has 1 fully saturated rings. The molecule has 1 saturated heterocycles. The largest absolute Gasteiger partial charge is 0.381 e. The van der Waals surface area contributed by atoms with Gasteiger partial charge in [-0.05, 0) is 33.6 Å². The van der Waals surface area contributed by atoms with Crippen LogP contribution in [-0.4, -0.2) is 27.2 Å². The topological polar surface area (TPSA) is 48.5 Å². The Hall–Kier alpha value is -1.62. The van der Waals surface area contributed by atoms with E-state index < -0.39 is 0 Å². The van der Waals surface area contributed by atoms with Crippen molar-refractivity contribution in [3.8, 4) is 0 Å². The molecule has 0 radical (unpaired) electrons. The molecular formula is C15H21N3O2. The minimum atomic E-state index is 0.0470. The van der Waals surface area contributed by atoms with Crippen LogP contribution in [0, 0.1) is 6.92 Å². The van der Waals surface area contributed by atoms with Gasteiger partial charge in [0.25, 0.3) is 5.56 Å². The van der Waals surface area contributed by atoms with Gasteiger partial charge in [0.2, 0.25) is 0 Å². The van der Waals surface area contributed by atoms with Gasteiger partial charge in [-0.1, -0.05) is 0 Å². The number of aromatic nitrogens is 3. The van der Waals surface area contributed by atoms with Crippen molar-refractivity contribution in [1.82, 2.24) is 14.0 Å². The summed E-state index contributed by atoms with van der Waals surface area (Å²) in [4.78, 5) is 17.1. The number of hydrogen-bond donors (Lipinski definition) is 0. The zero-order valence-corrected chi connectivity index (χ0v) is 12.3. The SMILES string of the molecule is Cc1cn2c(C3CCOCC3)ncc2c(=O)n1C(C)C. The number of ether oxygens (including phenoxy) is 1. The molecule has 0 amide bonds. The zero-order valence-electron chi connectivity index (χ0n) is 12.3. The van der Waals surface area contributed by atoms with E-state index in [1.165, 1.54) is 0 Å². The van der Waals surface area contributed by atoms with Crippen LogP contribution in [0.2, 0.25) is 0 Å². The normalized spacial score (nSPS) is 17.2. The molecule has 1 aliphatic rings. The van der Waals surface area contributed by atoms with Crippen LogP contribution in [0.15, 0.2) is 17.2 Å². The van der Waals surface area contributed by atoms with Crippen molar-refractivity contribution in [3.63, 3.8) is 0 Å². The highest BCUT2D eigenvalue weighted by Gasteiger charge is 2.22. The second-order valence-corrected chi connectivity index (χ2v) is 5.80. The van der Waals surface area contributed by atoms with E-state index in [-0.39, 0.29) is 11.6 Å². The molecule has 0 aliphatic carbocycles. The monoisotopic (exact) mass is 275 g/mol. The number of nitrogens with zero attached hydrogens (tertiary/aromatic N) is 3. The highest BCUT2D eigenvalue weighted by Crippen LogP contribution is 2.26. The van der Waals surface area contributed by atoms with E-state index in [4.69, 9.17) is 4.74 Å². The average molecular weight is 275 g/mol. The van der Waals surface area contributed by atoms with E-state index in [1.54, 1.807) is 6.20 Å². The quantitative estimate of drug-likeness (QED) is 0.845. The van der Waals surface area contributed by atoms with E-state index in [9.17, 15) is 4.79 Å². The van der Waals surface area contributed by atoms with Gasteiger partial charge in [-0.2, -0.15) is 0 Å². The number of aryl methyl sites for hydroxylation is 1. The molecule has 3 rings (SSSR count). The minimum Gasteiger partial charge on any atom is -0.381 e. The Balaban J connectivity index is 2.16. The van der Waals surface area contributed by atoms with Crippen molar-refractivity contribution in [2.75, 3.05) is 13.2 Å². The van der Waals surface area contributed by atoms with Gasteiger partial charge in [0.05, 0.1) is 6.20 Å². The summed E-state index contributed by atoms with van der Waals surface area (Å²) in [6.45, 7) is 7.60. The summed E-state index contributed by atoms with van der Waals surface area (Å²) in [5.41, 5.74) is 1.69. The number of hydrogen-bond acceptors (Lipinski definition) is 3. The maximum Gasteiger partial charge on any atom is 0.276 e. The highest BCUT2D eigenvalue weighted by molar-refractivity contribution is 5.45. The molecule has 5 heteroatoms. The molecule has 1 aliphatic heterocycles. The van der Waals surface area contributed by atoms with Crippen LogP contribution in [0.4, 0.5) is 0 Å². The molecule has 2 aromatic heterocycles. The predicted molar refractivity (Wildman–Crippen MR) is 77.4 cm³/mol. The Morgan fingerprint density at radius 2 is 2.05 bits per heavy atom. The molecule has 0 saturated carbocycles. The third kappa shape index (κ3) is 2.06. The zero-order chi connectivity index (χ0) is 14.3. The van der Waals surface area contributed by atoms with Gasteiger partial charge in [0.1, 0.15) is 11.3 Å². The lowest BCUT2D eigenvalue weighted by atomic mass is 10.00. The Bertz CT molecular complexity index is 678. The molecule has 0 N–H and O–H groups in total. The molecule has 3 heterocycles. The van der Waals surface area contributed by atoms with Crippen molar-refractivity contribution >= 4 is 5.52 Å². The van der Waals surface area contributed by atoms with Crippen LogP contribution < -0.4 is 5.56 Å². The average Bonchev–Trinajstić information content (AvgIpc) is 2.83. The van der Waals surface area contributed by atoms with Crippen LogP contribution in [-0.2, 0) is 4.74 Å². The van der Waals surface area contributed by atoms with Crippen molar-refractivity contribution in [3.05, 3.63) is 34.3 Å². The van der Waals surface area contributed by atoms with Gasteiger partial charge in [-0.15, -0.1) is 0 Å². The van der Waals surface area contributed by atoms with Crippen molar-refractivity contribution < 1.29 is 4.74 Å². The summed E-state index contributed by atoms with van der Waals surface area (Å²) in [5.74, 6) is 1.39. The highest BCUT2D eigenvalue weighted by atomic mass is 16.5. The molecule has 2 aromatic rings. The van der Waals surface area contributed by atoms with Gasteiger partial charge >= 0.3 is 0 Å². The van der Waals surface area contributed by atoms with Gasteiger partial charge in [-0.3, -0.25) is 9.20 Å². The van der Waals surface area contributed by atoms with Gasteiger partial charge in [0.15, 0.2) is 0 Å². The molecule has 0 aromatic carbocycles. The maximum absolute atomic E-state index is 12.6. The van der Waals surface area contributed by atoms with E-state index in [0.29, 0.717) is 11.4 Å². The van der Waals surface area contributed by atoms with E-state index in [2.05, 4.69) is 4.98 Å². The van der Waals surface area contributed by atoms with E-state index in [0.717, 1.165) is 37.6 Å². The lowest BCUT2D eigenvalue weighted by Gasteiger charge is -2.21. The Kier molecular flexibility index (Phi) is 3.38. The molecule has 0 bridgehead atoms. The van der Waals surface area contributed by atoms with Crippen LogP contribution in [0.5, 0.6) is 0 Å². The van der Waals surface area contributed by atoms with Crippen LogP contribution in [0.3, 0.4) is 0 Å². The van der Waals surface area contributed by atoms with Crippen LogP contribution >= 0.6 is 0 Å². The Morgan fingerprint density at radius 1 is 1.35 bits per heavy atom. The first-order valence-electron chi connectivity index (χ1n) is 7.26. The van der Waals surface area contributed by atoms with Crippen molar-refractivity contribution in [2.45, 2.75) is 45.6 Å². The maximum atomic E-state index is 12.6.